The summed E-state index contributed by atoms with van der Waals surface area (Å²) >= 11 is 5.84. The molecule has 2 aromatic carbocycles. The summed E-state index contributed by atoms with van der Waals surface area (Å²) in [5.74, 6) is 0.244. The number of aryl methyl sites for hydroxylation is 1. The second kappa shape index (κ2) is 5.27. The SMILES string of the molecule is Cc1cc(OCc2cccc(F)c2Cl)ccc1N. The standard InChI is InChI=1S/C14H13ClFNO/c1-9-7-11(5-6-13(9)17)18-8-10-3-2-4-12(16)14(10)15/h2-7H,8,17H2,1H3. The molecule has 0 saturated heterocycles. The lowest BCUT2D eigenvalue weighted by molar-refractivity contribution is 0.305. The number of anilines is 1. The average molecular weight is 266 g/mol. The van der Waals surface area contributed by atoms with Gasteiger partial charge in [-0.15, -0.1) is 0 Å². The van der Waals surface area contributed by atoms with Gasteiger partial charge in [-0.05, 0) is 36.8 Å². The van der Waals surface area contributed by atoms with Crippen molar-refractivity contribution >= 4 is 17.3 Å². The van der Waals surface area contributed by atoms with Crippen LogP contribution in [-0.2, 0) is 6.61 Å². The molecular weight excluding hydrogens is 253 g/mol. The van der Waals surface area contributed by atoms with Crippen LogP contribution in [0.3, 0.4) is 0 Å². The molecule has 18 heavy (non-hydrogen) atoms. The molecule has 0 aliphatic rings. The van der Waals surface area contributed by atoms with E-state index in [2.05, 4.69) is 0 Å². The highest BCUT2D eigenvalue weighted by Gasteiger charge is 2.06. The number of halogens is 2. The van der Waals surface area contributed by atoms with E-state index in [1.54, 1.807) is 24.3 Å². The Morgan fingerprint density at radius 1 is 1.28 bits per heavy atom. The highest BCUT2D eigenvalue weighted by Crippen LogP contribution is 2.23. The van der Waals surface area contributed by atoms with Gasteiger partial charge in [0, 0.05) is 11.3 Å². The van der Waals surface area contributed by atoms with Gasteiger partial charge in [-0.25, -0.2) is 4.39 Å². The number of rotatable bonds is 3. The summed E-state index contributed by atoms with van der Waals surface area (Å²) in [4.78, 5) is 0. The number of ether oxygens (including phenoxy) is 1. The van der Waals surface area contributed by atoms with E-state index in [9.17, 15) is 4.39 Å². The number of nitrogen functional groups attached to an aromatic ring is 1. The van der Waals surface area contributed by atoms with Crippen molar-refractivity contribution in [3.8, 4) is 5.75 Å². The highest BCUT2D eigenvalue weighted by atomic mass is 35.5. The molecule has 0 aliphatic carbocycles. The van der Waals surface area contributed by atoms with E-state index in [-0.39, 0.29) is 11.6 Å². The number of nitrogens with two attached hydrogens (primary N) is 1. The first-order chi connectivity index (χ1) is 8.58. The molecule has 4 heteroatoms. The topological polar surface area (TPSA) is 35.2 Å². The van der Waals surface area contributed by atoms with E-state index in [0.717, 1.165) is 5.56 Å². The normalized spacial score (nSPS) is 10.4. The third kappa shape index (κ3) is 2.74. The van der Waals surface area contributed by atoms with Crippen molar-refractivity contribution in [3.63, 3.8) is 0 Å². The van der Waals surface area contributed by atoms with Crippen molar-refractivity contribution < 1.29 is 9.13 Å². The Morgan fingerprint density at radius 2 is 2.06 bits per heavy atom. The van der Waals surface area contributed by atoms with Gasteiger partial charge in [0.25, 0.3) is 0 Å². The van der Waals surface area contributed by atoms with Crippen LogP contribution in [0, 0.1) is 12.7 Å². The summed E-state index contributed by atoms with van der Waals surface area (Å²) in [6, 6.07) is 10.0. The van der Waals surface area contributed by atoms with Gasteiger partial charge in [-0.1, -0.05) is 23.7 Å². The summed E-state index contributed by atoms with van der Waals surface area (Å²) in [6.45, 7) is 2.12. The zero-order chi connectivity index (χ0) is 13.1. The van der Waals surface area contributed by atoms with E-state index in [1.165, 1.54) is 6.07 Å². The first kappa shape index (κ1) is 12.7. The van der Waals surface area contributed by atoms with E-state index in [0.29, 0.717) is 17.0 Å². The van der Waals surface area contributed by atoms with Crippen LogP contribution in [0.15, 0.2) is 36.4 Å². The average Bonchev–Trinajstić information content (AvgIpc) is 2.35. The molecule has 0 amide bonds. The lowest BCUT2D eigenvalue weighted by atomic mass is 10.2. The fourth-order valence-corrected chi connectivity index (χ4v) is 1.74. The van der Waals surface area contributed by atoms with Crippen LogP contribution < -0.4 is 10.5 Å². The van der Waals surface area contributed by atoms with Crippen LogP contribution in [0.4, 0.5) is 10.1 Å². The Bertz CT molecular complexity index is 572. The minimum absolute atomic E-state index is 0.102. The van der Waals surface area contributed by atoms with Gasteiger partial charge in [-0.3, -0.25) is 0 Å². The van der Waals surface area contributed by atoms with Crippen LogP contribution in [0.1, 0.15) is 11.1 Å². The molecule has 0 spiro atoms. The van der Waals surface area contributed by atoms with E-state index < -0.39 is 5.82 Å². The van der Waals surface area contributed by atoms with E-state index in [1.807, 2.05) is 13.0 Å². The Kier molecular flexibility index (Phi) is 3.72. The molecule has 0 aliphatic heterocycles. The van der Waals surface area contributed by atoms with Gasteiger partial charge in [-0.2, -0.15) is 0 Å². The van der Waals surface area contributed by atoms with E-state index in [4.69, 9.17) is 22.1 Å². The van der Waals surface area contributed by atoms with Gasteiger partial charge >= 0.3 is 0 Å². The Morgan fingerprint density at radius 3 is 2.78 bits per heavy atom. The smallest absolute Gasteiger partial charge is 0.142 e. The molecule has 94 valence electrons. The predicted octanol–water partition coefficient (Wildman–Crippen LogP) is 3.95. The van der Waals surface area contributed by atoms with Crippen molar-refractivity contribution in [2.45, 2.75) is 13.5 Å². The van der Waals surface area contributed by atoms with Crippen molar-refractivity contribution in [3.05, 3.63) is 58.4 Å². The fraction of sp³-hybridized carbons (Fsp3) is 0.143. The van der Waals surface area contributed by atoms with Crippen molar-refractivity contribution in [1.29, 1.82) is 0 Å². The summed E-state index contributed by atoms with van der Waals surface area (Å²) in [6.07, 6.45) is 0. The van der Waals surface area contributed by atoms with Crippen molar-refractivity contribution in [1.82, 2.24) is 0 Å². The second-order valence-corrected chi connectivity index (χ2v) is 4.40. The molecule has 0 aromatic heterocycles. The quantitative estimate of drug-likeness (QED) is 0.853. The lowest BCUT2D eigenvalue weighted by Crippen LogP contribution is -1.98. The van der Waals surface area contributed by atoms with Crippen LogP contribution in [0.2, 0.25) is 5.02 Å². The Hall–Kier alpha value is -1.74. The van der Waals surface area contributed by atoms with Gasteiger partial charge < -0.3 is 10.5 Å². The molecule has 0 atom stereocenters. The summed E-state index contributed by atoms with van der Waals surface area (Å²) in [5, 5.41) is 0.102. The minimum atomic E-state index is -0.439. The number of hydrogen-bond acceptors (Lipinski definition) is 2. The third-order valence-electron chi connectivity index (χ3n) is 2.67. The molecule has 2 rings (SSSR count). The van der Waals surface area contributed by atoms with Gasteiger partial charge in [0.15, 0.2) is 0 Å². The first-order valence-corrected chi connectivity index (χ1v) is 5.87. The molecule has 0 bridgehead atoms. The monoisotopic (exact) mass is 265 g/mol. The molecule has 0 fully saturated rings. The maximum atomic E-state index is 13.2. The third-order valence-corrected chi connectivity index (χ3v) is 3.09. The molecule has 2 aromatic rings. The molecule has 0 heterocycles. The lowest BCUT2D eigenvalue weighted by Gasteiger charge is -2.09. The predicted molar refractivity (Wildman–Crippen MR) is 71.3 cm³/mol. The summed E-state index contributed by atoms with van der Waals surface area (Å²) < 4.78 is 18.8. The highest BCUT2D eigenvalue weighted by molar-refractivity contribution is 6.31. The minimum Gasteiger partial charge on any atom is -0.489 e. The zero-order valence-corrected chi connectivity index (χ0v) is 10.7. The number of benzene rings is 2. The molecule has 0 unspecified atom stereocenters. The van der Waals surface area contributed by atoms with Gasteiger partial charge in [0.05, 0.1) is 5.02 Å². The van der Waals surface area contributed by atoms with Crippen LogP contribution in [0.5, 0.6) is 5.75 Å². The van der Waals surface area contributed by atoms with Crippen LogP contribution in [-0.4, -0.2) is 0 Å². The van der Waals surface area contributed by atoms with Crippen LogP contribution >= 0.6 is 11.6 Å². The number of hydrogen-bond donors (Lipinski definition) is 1. The maximum Gasteiger partial charge on any atom is 0.142 e. The zero-order valence-electron chi connectivity index (χ0n) is 9.91. The van der Waals surface area contributed by atoms with Crippen molar-refractivity contribution in [2.75, 3.05) is 5.73 Å². The van der Waals surface area contributed by atoms with Gasteiger partial charge in [0.2, 0.25) is 0 Å². The summed E-state index contributed by atoms with van der Waals surface area (Å²) in [7, 11) is 0. The van der Waals surface area contributed by atoms with Gasteiger partial charge in [0.1, 0.15) is 18.2 Å². The first-order valence-electron chi connectivity index (χ1n) is 5.50. The van der Waals surface area contributed by atoms with E-state index >= 15 is 0 Å². The van der Waals surface area contributed by atoms with Crippen molar-refractivity contribution in [2.24, 2.45) is 0 Å². The Labute approximate surface area is 110 Å². The Balaban J connectivity index is 2.11. The molecule has 2 nitrogen and oxygen atoms in total. The second-order valence-electron chi connectivity index (χ2n) is 4.02. The van der Waals surface area contributed by atoms with Crippen LogP contribution in [0.25, 0.3) is 0 Å². The fourth-order valence-electron chi connectivity index (χ4n) is 1.56. The molecular formula is C14H13ClFNO. The largest absolute Gasteiger partial charge is 0.489 e. The maximum absolute atomic E-state index is 13.2. The molecule has 0 radical (unpaired) electrons. The molecule has 0 saturated carbocycles. The molecule has 2 N–H and O–H groups in total. The summed E-state index contributed by atoms with van der Waals surface area (Å²) in [5.41, 5.74) is 7.99.